The van der Waals surface area contributed by atoms with E-state index in [0.29, 0.717) is 28.6 Å². The molecule has 5 aromatic rings. The topological polar surface area (TPSA) is 96.9 Å². The van der Waals surface area contributed by atoms with Gasteiger partial charge in [0, 0.05) is 27.6 Å². The van der Waals surface area contributed by atoms with E-state index in [1.807, 2.05) is 55.5 Å². The van der Waals surface area contributed by atoms with E-state index in [0.717, 1.165) is 27.1 Å². The summed E-state index contributed by atoms with van der Waals surface area (Å²) in [5, 5.41) is 8.50. The molecule has 0 aromatic heterocycles. The second kappa shape index (κ2) is 11.1. The number of nitrogens with one attached hydrogen (secondary N) is 2. The summed E-state index contributed by atoms with van der Waals surface area (Å²) in [4.78, 5) is 12.8. The summed E-state index contributed by atoms with van der Waals surface area (Å²) in [5.74, 6) is 0.154. The maximum atomic E-state index is 12.7. The van der Waals surface area contributed by atoms with Gasteiger partial charge < -0.3 is 4.74 Å². The Labute approximate surface area is 231 Å². The summed E-state index contributed by atoms with van der Waals surface area (Å²) >= 11 is 6.65. The van der Waals surface area contributed by atoms with Gasteiger partial charge in [0.1, 0.15) is 5.75 Å². The van der Waals surface area contributed by atoms with Gasteiger partial charge in [-0.25, -0.2) is 13.8 Å². The zero-order valence-corrected chi connectivity index (χ0v) is 22.5. The number of anilines is 1. The summed E-state index contributed by atoms with van der Waals surface area (Å²) in [7, 11) is -3.80. The Balaban J connectivity index is 1.31. The molecule has 0 saturated heterocycles. The summed E-state index contributed by atoms with van der Waals surface area (Å²) in [5.41, 5.74) is 4.03. The van der Waals surface area contributed by atoms with Crippen molar-refractivity contribution in [1.29, 1.82) is 0 Å². The Bertz CT molecular complexity index is 1750. The number of carbonyl (C=O) groups is 1. The lowest BCUT2D eigenvalue weighted by Crippen LogP contribution is -2.18. The number of hydrazone groups is 1. The van der Waals surface area contributed by atoms with Crippen LogP contribution in [0.5, 0.6) is 5.75 Å². The fraction of sp³-hybridized carbons (Fsp3) is 0.0667. The van der Waals surface area contributed by atoms with Gasteiger partial charge in [0.05, 0.1) is 22.7 Å². The minimum absolute atomic E-state index is 0.101. The van der Waals surface area contributed by atoms with Crippen molar-refractivity contribution in [2.24, 2.45) is 5.10 Å². The number of hydrogen-bond donors (Lipinski definition) is 2. The molecule has 7 nitrogen and oxygen atoms in total. The molecular weight excluding hydrogens is 534 g/mol. The van der Waals surface area contributed by atoms with E-state index >= 15 is 0 Å². The Morgan fingerprint density at radius 2 is 1.41 bits per heavy atom. The van der Waals surface area contributed by atoms with Gasteiger partial charge in [0.25, 0.3) is 15.9 Å². The van der Waals surface area contributed by atoms with E-state index in [1.54, 1.807) is 18.3 Å². The first kappa shape index (κ1) is 26.2. The molecule has 39 heavy (non-hydrogen) atoms. The fourth-order valence-corrected chi connectivity index (χ4v) is 5.64. The van der Waals surface area contributed by atoms with Crippen molar-refractivity contribution in [2.45, 2.75) is 11.8 Å². The standard InChI is InChI=1S/C30H24ClN3O4S/c1-2-38-22-15-17-23(18-16-22)39(36,37)34-21-13-11-20(12-14-21)30(35)33-32-19-28-24-7-3-5-9-26(24)29(31)27-10-6-4-8-25(27)28/h3-19,34H,2H2,1H3,(H,33,35)/b32-19-. The predicted molar refractivity (Wildman–Crippen MR) is 156 cm³/mol. The van der Waals surface area contributed by atoms with Gasteiger partial charge in [-0.3, -0.25) is 9.52 Å². The molecule has 0 saturated carbocycles. The lowest BCUT2D eigenvalue weighted by Gasteiger charge is -2.11. The molecule has 0 unspecified atom stereocenters. The molecule has 196 valence electrons. The van der Waals surface area contributed by atoms with Crippen molar-refractivity contribution in [2.75, 3.05) is 11.3 Å². The highest BCUT2D eigenvalue weighted by Crippen LogP contribution is 2.35. The van der Waals surface area contributed by atoms with Crippen LogP contribution < -0.4 is 14.9 Å². The van der Waals surface area contributed by atoms with E-state index in [2.05, 4.69) is 15.2 Å². The zero-order chi connectivity index (χ0) is 27.4. The number of carbonyl (C=O) groups excluding carboxylic acids is 1. The number of halogens is 1. The van der Waals surface area contributed by atoms with E-state index in [9.17, 15) is 13.2 Å². The second-order valence-electron chi connectivity index (χ2n) is 8.61. The van der Waals surface area contributed by atoms with Crippen molar-refractivity contribution < 1.29 is 17.9 Å². The molecule has 5 aromatic carbocycles. The number of amides is 1. The Hall–Kier alpha value is -4.40. The molecule has 0 heterocycles. The van der Waals surface area contributed by atoms with Crippen LogP contribution in [0, 0.1) is 0 Å². The summed E-state index contributed by atoms with van der Waals surface area (Å²) < 4.78 is 33.3. The quantitative estimate of drug-likeness (QED) is 0.127. The smallest absolute Gasteiger partial charge is 0.271 e. The second-order valence-corrected chi connectivity index (χ2v) is 10.7. The summed E-state index contributed by atoms with van der Waals surface area (Å²) in [6, 6.07) is 27.7. The first-order chi connectivity index (χ1) is 18.9. The zero-order valence-electron chi connectivity index (χ0n) is 20.9. The van der Waals surface area contributed by atoms with Crippen LogP contribution in [0.3, 0.4) is 0 Å². The molecule has 2 N–H and O–H groups in total. The fourth-order valence-electron chi connectivity index (χ4n) is 4.25. The van der Waals surface area contributed by atoms with Crippen LogP contribution in [0.2, 0.25) is 5.02 Å². The minimum Gasteiger partial charge on any atom is -0.494 e. The maximum Gasteiger partial charge on any atom is 0.271 e. The molecule has 0 aliphatic heterocycles. The monoisotopic (exact) mass is 557 g/mol. The normalized spacial score (nSPS) is 11.6. The number of benzene rings is 5. The third-order valence-corrected chi connectivity index (χ3v) is 7.92. The third kappa shape index (κ3) is 5.57. The van der Waals surface area contributed by atoms with Gasteiger partial charge in [0.2, 0.25) is 0 Å². The third-order valence-electron chi connectivity index (χ3n) is 6.11. The van der Waals surface area contributed by atoms with Gasteiger partial charge in [-0.15, -0.1) is 0 Å². The predicted octanol–water partition coefficient (Wildman–Crippen LogP) is 6.61. The van der Waals surface area contributed by atoms with E-state index in [4.69, 9.17) is 16.3 Å². The molecule has 0 spiro atoms. The number of ether oxygens (including phenoxy) is 1. The van der Waals surface area contributed by atoms with Gasteiger partial charge in [-0.05, 0) is 66.2 Å². The van der Waals surface area contributed by atoms with Gasteiger partial charge >= 0.3 is 0 Å². The minimum atomic E-state index is -3.80. The molecular formula is C30H24ClN3O4S. The van der Waals surface area contributed by atoms with Crippen LogP contribution in [-0.2, 0) is 10.0 Å². The summed E-state index contributed by atoms with van der Waals surface area (Å²) in [6.07, 6.45) is 1.61. The Kier molecular flexibility index (Phi) is 7.49. The highest BCUT2D eigenvalue weighted by Gasteiger charge is 2.15. The summed E-state index contributed by atoms with van der Waals surface area (Å²) in [6.45, 7) is 2.34. The lowest BCUT2D eigenvalue weighted by atomic mass is 9.97. The van der Waals surface area contributed by atoms with Crippen molar-refractivity contribution in [3.63, 3.8) is 0 Å². The van der Waals surface area contributed by atoms with Crippen LogP contribution >= 0.6 is 11.6 Å². The van der Waals surface area contributed by atoms with Crippen LogP contribution in [0.4, 0.5) is 5.69 Å². The molecule has 0 aliphatic rings. The van der Waals surface area contributed by atoms with E-state index in [-0.39, 0.29) is 4.90 Å². The molecule has 0 fully saturated rings. The van der Waals surface area contributed by atoms with E-state index < -0.39 is 15.9 Å². The molecule has 5 rings (SSSR count). The van der Waals surface area contributed by atoms with Gasteiger partial charge in [-0.1, -0.05) is 60.1 Å². The van der Waals surface area contributed by atoms with Crippen LogP contribution in [0.1, 0.15) is 22.8 Å². The molecule has 0 radical (unpaired) electrons. The molecule has 0 aliphatic carbocycles. The number of nitrogens with zero attached hydrogens (tertiary/aromatic N) is 1. The highest BCUT2D eigenvalue weighted by molar-refractivity contribution is 7.92. The Morgan fingerprint density at radius 3 is 1.97 bits per heavy atom. The van der Waals surface area contributed by atoms with Gasteiger partial charge in [-0.2, -0.15) is 5.10 Å². The molecule has 0 bridgehead atoms. The number of rotatable bonds is 8. The molecule has 1 amide bonds. The number of fused-ring (bicyclic) bond motifs is 2. The Morgan fingerprint density at radius 1 is 0.846 bits per heavy atom. The van der Waals surface area contributed by atoms with Crippen LogP contribution in [0.25, 0.3) is 21.5 Å². The molecule has 0 atom stereocenters. The van der Waals surface area contributed by atoms with E-state index in [1.165, 1.54) is 36.4 Å². The van der Waals surface area contributed by atoms with Crippen molar-refractivity contribution >= 4 is 61.0 Å². The highest BCUT2D eigenvalue weighted by atomic mass is 35.5. The van der Waals surface area contributed by atoms with Crippen LogP contribution in [-0.4, -0.2) is 27.1 Å². The lowest BCUT2D eigenvalue weighted by molar-refractivity contribution is 0.0955. The average molecular weight is 558 g/mol. The average Bonchev–Trinajstić information content (AvgIpc) is 2.95. The number of hydrogen-bond acceptors (Lipinski definition) is 5. The SMILES string of the molecule is CCOc1ccc(S(=O)(=O)Nc2ccc(C(=O)N/N=C\c3c4ccccc4c(Cl)c4ccccc34)cc2)cc1. The first-order valence-electron chi connectivity index (χ1n) is 12.2. The first-order valence-corrected chi connectivity index (χ1v) is 14.0. The largest absolute Gasteiger partial charge is 0.494 e. The van der Waals surface area contributed by atoms with Crippen LogP contribution in [0.15, 0.2) is 107 Å². The van der Waals surface area contributed by atoms with Crippen molar-refractivity contribution in [3.8, 4) is 5.75 Å². The maximum absolute atomic E-state index is 12.7. The number of sulfonamides is 1. The van der Waals surface area contributed by atoms with Crippen molar-refractivity contribution in [3.05, 3.63) is 113 Å². The molecule has 9 heteroatoms. The van der Waals surface area contributed by atoms with Crippen molar-refractivity contribution in [1.82, 2.24) is 5.43 Å². The van der Waals surface area contributed by atoms with Gasteiger partial charge in [0.15, 0.2) is 0 Å².